The molecule has 3 atom stereocenters. The molecule has 0 amide bonds. The van der Waals surface area contributed by atoms with E-state index in [-0.39, 0.29) is 24.8 Å². The van der Waals surface area contributed by atoms with Crippen LogP contribution in [0, 0.1) is 11.8 Å². The highest BCUT2D eigenvalue weighted by molar-refractivity contribution is 4.97. The van der Waals surface area contributed by atoms with E-state index >= 15 is 0 Å². The molecule has 1 aliphatic rings. The number of aromatic nitrogens is 2. The van der Waals surface area contributed by atoms with Gasteiger partial charge >= 0.3 is 6.18 Å². The van der Waals surface area contributed by atoms with E-state index < -0.39 is 12.1 Å². The minimum absolute atomic E-state index is 0.0567. The van der Waals surface area contributed by atoms with Crippen molar-refractivity contribution >= 4 is 0 Å². The van der Waals surface area contributed by atoms with Gasteiger partial charge in [0.2, 0.25) is 0 Å². The zero-order valence-electron chi connectivity index (χ0n) is 12.0. The molecule has 1 N–H and O–H groups in total. The van der Waals surface area contributed by atoms with Crippen molar-refractivity contribution in [3.63, 3.8) is 0 Å². The Labute approximate surface area is 117 Å². The van der Waals surface area contributed by atoms with Gasteiger partial charge in [-0.3, -0.25) is 0 Å². The molecule has 1 aromatic rings. The predicted molar refractivity (Wildman–Crippen MR) is 71.3 cm³/mol. The number of hydrogen-bond acceptors (Lipinski definition) is 2. The van der Waals surface area contributed by atoms with Crippen molar-refractivity contribution < 1.29 is 13.2 Å². The fourth-order valence-corrected chi connectivity index (χ4v) is 3.18. The molecule has 20 heavy (non-hydrogen) atoms. The molecule has 1 aromatic heterocycles. The zero-order valence-corrected chi connectivity index (χ0v) is 12.0. The van der Waals surface area contributed by atoms with Gasteiger partial charge < -0.3 is 9.88 Å². The molecule has 6 heteroatoms. The van der Waals surface area contributed by atoms with Crippen molar-refractivity contribution in [2.75, 3.05) is 7.05 Å². The number of nitrogens with one attached hydrogen (secondary N) is 1. The van der Waals surface area contributed by atoms with Crippen molar-refractivity contribution in [1.82, 2.24) is 14.9 Å². The number of nitrogens with zero attached hydrogens (tertiary/aromatic N) is 2. The van der Waals surface area contributed by atoms with Crippen molar-refractivity contribution in [2.24, 2.45) is 18.9 Å². The lowest BCUT2D eigenvalue weighted by Gasteiger charge is -2.35. The summed E-state index contributed by atoms with van der Waals surface area (Å²) >= 11 is 0. The Balaban J connectivity index is 2.02. The normalized spacial score (nSPS) is 25.6. The molecule has 114 valence electrons. The second kappa shape index (κ2) is 6.16. The lowest BCUT2D eigenvalue weighted by molar-refractivity contribution is -0.186. The number of hydrogen-bond donors (Lipinski definition) is 1. The van der Waals surface area contributed by atoms with E-state index in [9.17, 15) is 13.2 Å². The lowest BCUT2D eigenvalue weighted by atomic mass is 9.76. The van der Waals surface area contributed by atoms with Crippen LogP contribution < -0.4 is 5.32 Å². The molecule has 1 heterocycles. The highest BCUT2D eigenvalue weighted by Gasteiger charge is 2.43. The Kier molecular flexibility index (Phi) is 4.73. The quantitative estimate of drug-likeness (QED) is 0.923. The van der Waals surface area contributed by atoms with Gasteiger partial charge in [0.25, 0.3) is 0 Å². The molecule has 1 aliphatic carbocycles. The molecule has 0 aliphatic heterocycles. The van der Waals surface area contributed by atoms with Crippen LogP contribution in [0.1, 0.15) is 31.5 Å². The molecule has 0 aromatic carbocycles. The predicted octanol–water partition coefficient (Wildman–Crippen LogP) is 2.92. The Morgan fingerprint density at radius 1 is 1.45 bits per heavy atom. The van der Waals surface area contributed by atoms with Crippen LogP contribution in [-0.4, -0.2) is 28.8 Å². The SMILES string of the molecule is CNC(Cc1nccn1C)C1CCCC(C(F)(F)F)C1. The molecule has 3 unspecified atom stereocenters. The molecule has 0 bridgehead atoms. The van der Waals surface area contributed by atoms with Crippen molar-refractivity contribution in [3.05, 3.63) is 18.2 Å². The van der Waals surface area contributed by atoms with Gasteiger partial charge in [-0.05, 0) is 32.2 Å². The first-order chi connectivity index (χ1) is 9.41. The molecule has 2 rings (SSSR count). The van der Waals surface area contributed by atoms with Gasteiger partial charge in [-0.1, -0.05) is 6.42 Å². The molecular weight excluding hydrogens is 267 g/mol. The van der Waals surface area contributed by atoms with Crippen LogP contribution in [0.2, 0.25) is 0 Å². The number of likely N-dealkylation sites (N-methyl/N-ethyl adjacent to an activating group) is 1. The lowest BCUT2D eigenvalue weighted by Crippen LogP contribution is -2.41. The van der Waals surface area contributed by atoms with E-state index in [1.165, 1.54) is 0 Å². The van der Waals surface area contributed by atoms with Crippen LogP contribution in [0.4, 0.5) is 13.2 Å². The maximum atomic E-state index is 12.9. The molecule has 1 fully saturated rings. The monoisotopic (exact) mass is 289 g/mol. The van der Waals surface area contributed by atoms with Crippen molar-refractivity contribution in [2.45, 2.75) is 44.3 Å². The number of aryl methyl sites for hydroxylation is 1. The summed E-state index contributed by atoms with van der Waals surface area (Å²) in [6.07, 6.45) is 2.24. The summed E-state index contributed by atoms with van der Waals surface area (Å²) < 4.78 is 40.6. The van der Waals surface area contributed by atoms with Crippen LogP contribution in [0.5, 0.6) is 0 Å². The Hall–Kier alpha value is -1.04. The molecule has 1 saturated carbocycles. The van der Waals surface area contributed by atoms with E-state index in [0.29, 0.717) is 12.8 Å². The molecule has 0 saturated heterocycles. The Morgan fingerprint density at radius 2 is 2.20 bits per heavy atom. The first-order valence-corrected chi connectivity index (χ1v) is 7.12. The Morgan fingerprint density at radius 3 is 2.75 bits per heavy atom. The topological polar surface area (TPSA) is 29.9 Å². The number of imidazole rings is 1. The number of rotatable bonds is 4. The maximum Gasteiger partial charge on any atom is 0.391 e. The van der Waals surface area contributed by atoms with Crippen molar-refractivity contribution in [1.29, 1.82) is 0 Å². The summed E-state index contributed by atoms with van der Waals surface area (Å²) in [7, 11) is 3.74. The minimum atomic E-state index is -4.06. The van der Waals surface area contributed by atoms with Gasteiger partial charge in [-0.15, -0.1) is 0 Å². The van der Waals surface area contributed by atoms with E-state index in [1.807, 2.05) is 24.9 Å². The summed E-state index contributed by atoms with van der Waals surface area (Å²) in [5.41, 5.74) is 0. The fraction of sp³-hybridized carbons (Fsp3) is 0.786. The van der Waals surface area contributed by atoms with E-state index in [4.69, 9.17) is 0 Å². The average molecular weight is 289 g/mol. The van der Waals surface area contributed by atoms with E-state index in [2.05, 4.69) is 10.3 Å². The van der Waals surface area contributed by atoms with Crippen LogP contribution >= 0.6 is 0 Å². The molecule has 0 spiro atoms. The second-order valence-electron chi connectivity index (χ2n) is 5.72. The highest BCUT2D eigenvalue weighted by Crippen LogP contribution is 2.41. The highest BCUT2D eigenvalue weighted by atomic mass is 19.4. The van der Waals surface area contributed by atoms with Crippen LogP contribution in [-0.2, 0) is 13.5 Å². The largest absolute Gasteiger partial charge is 0.391 e. The number of alkyl halides is 3. The molecule has 3 nitrogen and oxygen atoms in total. The standard InChI is InChI=1S/C14H22F3N3/c1-18-12(9-13-19-6-7-20(13)2)10-4-3-5-11(8-10)14(15,16)17/h6-7,10-12,18H,3-5,8-9H2,1-2H3. The van der Waals surface area contributed by atoms with Crippen LogP contribution in [0.25, 0.3) is 0 Å². The number of halogens is 3. The molecule has 0 radical (unpaired) electrons. The first kappa shape index (κ1) is 15.4. The van der Waals surface area contributed by atoms with Gasteiger partial charge in [-0.25, -0.2) is 4.98 Å². The first-order valence-electron chi connectivity index (χ1n) is 7.12. The fourth-order valence-electron chi connectivity index (χ4n) is 3.18. The smallest absolute Gasteiger partial charge is 0.338 e. The van der Waals surface area contributed by atoms with Gasteiger partial charge in [0.05, 0.1) is 5.92 Å². The zero-order chi connectivity index (χ0) is 14.8. The third-order valence-electron chi connectivity index (χ3n) is 4.44. The third kappa shape index (κ3) is 3.53. The third-order valence-corrected chi connectivity index (χ3v) is 4.44. The van der Waals surface area contributed by atoms with E-state index in [1.54, 1.807) is 6.20 Å². The maximum absolute atomic E-state index is 12.9. The summed E-state index contributed by atoms with van der Waals surface area (Å²) in [5, 5.41) is 3.19. The summed E-state index contributed by atoms with van der Waals surface area (Å²) in [4.78, 5) is 4.27. The van der Waals surface area contributed by atoms with Crippen LogP contribution in [0.15, 0.2) is 12.4 Å². The minimum Gasteiger partial charge on any atom is -0.338 e. The van der Waals surface area contributed by atoms with Gasteiger partial charge in [0, 0.05) is 31.9 Å². The van der Waals surface area contributed by atoms with Gasteiger partial charge in [0.15, 0.2) is 0 Å². The van der Waals surface area contributed by atoms with Gasteiger partial charge in [0.1, 0.15) is 5.82 Å². The van der Waals surface area contributed by atoms with E-state index in [0.717, 1.165) is 12.2 Å². The summed E-state index contributed by atoms with van der Waals surface area (Å²) in [6, 6.07) is 0.0567. The average Bonchev–Trinajstić information content (AvgIpc) is 2.80. The Bertz CT molecular complexity index is 428. The summed E-state index contributed by atoms with van der Waals surface area (Å²) in [5.74, 6) is -0.158. The molecular formula is C14H22F3N3. The van der Waals surface area contributed by atoms with Crippen molar-refractivity contribution in [3.8, 4) is 0 Å². The van der Waals surface area contributed by atoms with Gasteiger partial charge in [-0.2, -0.15) is 13.2 Å². The summed E-state index contributed by atoms with van der Waals surface area (Å²) in [6.45, 7) is 0. The second-order valence-corrected chi connectivity index (χ2v) is 5.72. The van der Waals surface area contributed by atoms with Crippen LogP contribution in [0.3, 0.4) is 0 Å².